The predicted molar refractivity (Wildman–Crippen MR) is 68.9 cm³/mol. The maximum Gasteiger partial charge on any atom is 0.326 e. The Morgan fingerprint density at radius 3 is 2.74 bits per heavy atom. The first-order chi connectivity index (χ1) is 9.11. The van der Waals surface area contributed by atoms with E-state index < -0.39 is 12.0 Å². The van der Waals surface area contributed by atoms with Gasteiger partial charge >= 0.3 is 12.0 Å². The third-order valence-corrected chi connectivity index (χ3v) is 3.90. The van der Waals surface area contributed by atoms with Crippen LogP contribution in [0.2, 0.25) is 0 Å². The van der Waals surface area contributed by atoms with E-state index in [0.29, 0.717) is 19.5 Å². The number of aliphatic carboxylic acids is 1. The molecule has 0 aromatic heterocycles. The van der Waals surface area contributed by atoms with E-state index in [-0.39, 0.29) is 12.1 Å². The lowest BCUT2D eigenvalue weighted by Crippen LogP contribution is -2.46. The van der Waals surface area contributed by atoms with Crippen LogP contribution in [0.1, 0.15) is 32.1 Å². The molecule has 2 unspecified atom stereocenters. The molecule has 6 heteroatoms. The highest BCUT2D eigenvalue weighted by Crippen LogP contribution is 2.33. The van der Waals surface area contributed by atoms with E-state index >= 15 is 0 Å². The number of rotatable bonds is 6. The van der Waals surface area contributed by atoms with Gasteiger partial charge in [0.1, 0.15) is 6.04 Å². The van der Waals surface area contributed by atoms with Gasteiger partial charge in [-0.05, 0) is 18.8 Å². The van der Waals surface area contributed by atoms with Gasteiger partial charge in [0.25, 0.3) is 0 Å². The second-order valence-electron chi connectivity index (χ2n) is 5.42. The van der Waals surface area contributed by atoms with Crippen molar-refractivity contribution in [1.82, 2.24) is 10.2 Å². The molecule has 2 rings (SSSR count). The summed E-state index contributed by atoms with van der Waals surface area (Å²) in [7, 11) is 1.54. The maximum atomic E-state index is 12.0. The number of hydrogen-bond donors (Lipinski definition) is 2. The van der Waals surface area contributed by atoms with Crippen LogP contribution >= 0.6 is 0 Å². The quantitative estimate of drug-likeness (QED) is 0.707. The standard InChI is InChI=1S/C13H22N2O4/c1-19-10-7-11(12(16)17)15(8-10)13(18)14-6-2-3-9-4-5-9/h9-11H,2-8H2,1H3,(H,14,18)(H,16,17). The fourth-order valence-electron chi connectivity index (χ4n) is 2.52. The molecule has 108 valence electrons. The van der Waals surface area contributed by atoms with E-state index in [4.69, 9.17) is 9.84 Å². The van der Waals surface area contributed by atoms with Crippen molar-refractivity contribution in [2.45, 2.75) is 44.2 Å². The Balaban J connectivity index is 1.76. The molecule has 0 bridgehead atoms. The number of hydrogen-bond acceptors (Lipinski definition) is 3. The number of carboxylic acid groups (broad SMARTS) is 1. The van der Waals surface area contributed by atoms with E-state index in [1.165, 1.54) is 17.7 Å². The zero-order valence-electron chi connectivity index (χ0n) is 11.3. The lowest BCUT2D eigenvalue weighted by Gasteiger charge is -2.21. The highest BCUT2D eigenvalue weighted by Gasteiger charge is 2.39. The molecule has 0 spiro atoms. The van der Waals surface area contributed by atoms with Gasteiger partial charge in [-0.25, -0.2) is 9.59 Å². The molecule has 2 atom stereocenters. The first-order valence-corrected chi connectivity index (χ1v) is 6.92. The van der Waals surface area contributed by atoms with Crippen LogP contribution in [0.25, 0.3) is 0 Å². The molecule has 1 saturated heterocycles. The van der Waals surface area contributed by atoms with Crippen molar-refractivity contribution in [1.29, 1.82) is 0 Å². The third kappa shape index (κ3) is 3.83. The molecule has 0 aromatic rings. The second kappa shape index (κ2) is 6.23. The first-order valence-electron chi connectivity index (χ1n) is 6.92. The minimum Gasteiger partial charge on any atom is -0.480 e. The van der Waals surface area contributed by atoms with Gasteiger partial charge < -0.3 is 20.1 Å². The molecule has 2 N–H and O–H groups in total. The van der Waals surface area contributed by atoms with Gasteiger partial charge in [-0.2, -0.15) is 0 Å². The van der Waals surface area contributed by atoms with Crippen LogP contribution in [0.15, 0.2) is 0 Å². The predicted octanol–water partition coefficient (Wildman–Crippen LogP) is 1.06. The topological polar surface area (TPSA) is 78.9 Å². The van der Waals surface area contributed by atoms with Crippen LogP contribution in [0.5, 0.6) is 0 Å². The summed E-state index contributed by atoms with van der Waals surface area (Å²) in [6.07, 6.45) is 4.94. The summed E-state index contributed by atoms with van der Waals surface area (Å²) in [6, 6.07) is -1.06. The Kier molecular flexibility index (Phi) is 4.63. The summed E-state index contributed by atoms with van der Waals surface area (Å²) in [6.45, 7) is 0.970. The van der Waals surface area contributed by atoms with E-state index in [1.807, 2.05) is 0 Å². The summed E-state index contributed by atoms with van der Waals surface area (Å²) in [5.41, 5.74) is 0. The van der Waals surface area contributed by atoms with Crippen molar-refractivity contribution in [2.24, 2.45) is 5.92 Å². The molecule has 1 aliphatic heterocycles. The van der Waals surface area contributed by atoms with Crippen LogP contribution < -0.4 is 5.32 Å². The number of carboxylic acids is 1. The third-order valence-electron chi connectivity index (χ3n) is 3.90. The number of ether oxygens (including phenoxy) is 1. The summed E-state index contributed by atoms with van der Waals surface area (Å²) in [5, 5.41) is 11.9. The van der Waals surface area contributed by atoms with Crippen LogP contribution in [-0.2, 0) is 9.53 Å². The van der Waals surface area contributed by atoms with Gasteiger partial charge in [-0.15, -0.1) is 0 Å². The average Bonchev–Trinajstić information content (AvgIpc) is 3.10. The molecule has 19 heavy (non-hydrogen) atoms. The van der Waals surface area contributed by atoms with Crippen LogP contribution in [0.4, 0.5) is 4.79 Å². The minimum absolute atomic E-state index is 0.182. The van der Waals surface area contributed by atoms with E-state index in [1.54, 1.807) is 7.11 Å². The molecule has 0 aromatic carbocycles. The van der Waals surface area contributed by atoms with Gasteiger partial charge in [0.15, 0.2) is 0 Å². The molecule has 2 fully saturated rings. The van der Waals surface area contributed by atoms with Crippen LogP contribution in [-0.4, -0.2) is 54.4 Å². The number of urea groups is 1. The first kappa shape index (κ1) is 14.1. The Morgan fingerprint density at radius 1 is 1.42 bits per heavy atom. The van der Waals surface area contributed by atoms with Gasteiger partial charge in [0, 0.05) is 26.6 Å². The van der Waals surface area contributed by atoms with Crippen molar-refractivity contribution in [3.63, 3.8) is 0 Å². The number of nitrogens with one attached hydrogen (secondary N) is 1. The molecule has 1 saturated carbocycles. The molecule has 2 amide bonds. The summed E-state index contributed by atoms with van der Waals surface area (Å²) in [4.78, 5) is 24.5. The lowest BCUT2D eigenvalue weighted by molar-refractivity contribution is -0.141. The van der Waals surface area contributed by atoms with Gasteiger partial charge in [0.05, 0.1) is 6.10 Å². The zero-order valence-corrected chi connectivity index (χ0v) is 11.3. The molecule has 0 radical (unpaired) electrons. The van der Waals surface area contributed by atoms with Crippen molar-refractivity contribution < 1.29 is 19.4 Å². The maximum absolute atomic E-state index is 12.0. The van der Waals surface area contributed by atoms with E-state index in [9.17, 15) is 9.59 Å². The number of methoxy groups -OCH3 is 1. The SMILES string of the molecule is COC1CC(C(=O)O)N(C(=O)NCCCC2CC2)C1. The van der Waals surface area contributed by atoms with Crippen molar-refractivity contribution in [2.75, 3.05) is 20.2 Å². The van der Waals surface area contributed by atoms with Crippen molar-refractivity contribution >= 4 is 12.0 Å². The van der Waals surface area contributed by atoms with Gasteiger partial charge in [-0.3, -0.25) is 0 Å². The largest absolute Gasteiger partial charge is 0.480 e. The Morgan fingerprint density at radius 2 is 2.16 bits per heavy atom. The average molecular weight is 270 g/mol. The number of nitrogens with zero attached hydrogens (tertiary/aromatic N) is 1. The minimum atomic E-state index is -0.965. The molecule has 2 aliphatic rings. The Bertz CT molecular complexity index is 344. The molecular formula is C13H22N2O4. The monoisotopic (exact) mass is 270 g/mol. The zero-order chi connectivity index (χ0) is 13.8. The number of likely N-dealkylation sites (tertiary alicyclic amines) is 1. The second-order valence-corrected chi connectivity index (χ2v) is 5.42. The van der Waals surface area contributed by atoms with Crippen LogP contribution in [0, 0.1) is 5.92 Å². The Labute approximate surface area is 113 Å². The summed E-state index contributed by atoms with van der Waals surface area (Å²) in [5.74, 6) is -0.110. The van der Waals surface area contributed by atoms with E-state index in [0.717, 1.165) is 18.8 Å². The number of amides is 2. The normalized spacial score (nSPS) is 26.5. The van der Waals surface area contributed by atoms with E-state index in [2.05, 4.69) is 5.32 Å². The summed E-state index contributed by atoms with van der Waals surface area (Å²) < 4.78 is 5.15. The smallest absolute Gasteiger partial charge is 0.326 e. The highest BCUT2D eigenvalue weighted by molar-refractivity contribution is 5.83. The van der Waals surface area contributed by atoms with Crippen LogP contribution in [0.3, 0.4) is 0 Å². The highest BCUT2D eigenvalue weighted by atomic mass is 16.5. The fourth-order valence-corrected chi connectivity index (χ4v) is 2.52. The molecular weight excluding hydrogens is 248 g/mol. The van der Waals surface area contributed by atoms with Gasteiger partial charge in [0.2, 0.25) is 0 Å². The number of carbonyl (C=O) groups excluding carboxylic acids is 1. The molecule has 6 nitrogen and oxygen atoms in total. The lowest BCUT2D eigenvalue weighted by atomic mass is 10.2. The molecule has 1 heterocycles. The van der Waals surface area contributed by atoms with Gasteiger partial charge in [-0.1, -0.05) is 12.8 Å². The van der Waals surface area contributed by atoms with Crippen molar-refractivity contribution in [3.05, 3.63) is 0 Å². The fraction of sp³-hybridized carbons (Fsp3) is 0.846. The Hall–Kier alpha value is -1.30. The molecule has 1 aliphatic carbocycles. The summed E-state index contributed by atoms with van der Waals surface area (Å²) >= 11 is 0. The van der Waals surface area contributed by atoms with Crippen molar-refractivity contribution in [3.8, 4) is 0 Å². The number of carbonyl (C=O) groups is 2.